The molecule has 1 aromatic heterocycles. The second-order valence-corrected chi connectivity index (χ2v) is 4.95. The van der Waals surface area contributed by atoms with E-state index >= 15 is 0 Å². The van der Waals surface area contributed by atoms with Gasteiger partial charge in [0.15, 0.2) is 5.76 Å². The minimum atomic E-state index is -0.318. The zero-order valence-corrected chi connectivity index (χ0v) is 10.7. The van der Waals surface area contributed by atoms with Crippen LogP contribution >= 0.6 is 0 Å². The number of fused-ring (bicyclic) bond motifs is 1. The first-order valence-corrected chi connectivity index (χ1v) is 6.47. The number of furan rings is 1. The third-order valence-corrected chi connectivity index (χ3v) is 3.71. The monoisotopic (exact) mass is 262 g/mol. The maximum Gasteiger partial charge on any atom is 0.201 e. The number of carbonyl (C=O) groups excluding carboxylic acids is 1. The van der Waals surface area contributed by atoms with E-state index in [1.807, 2.05) is 0 Å². The van der Waals surface area contributed by atoms with Crippen LogP contribution in [-0.2, 0) is 4.74 Å². The first kappa shape index (κ1) is 12.4. The van der Waals surface area contributed by atoms with Gasteiger partial charge in [-0.25, -0.2) is 4.39 Å². The molecule has 2 heterocycles. The maximum absolute atomic E-state index is 13.2. The molecule has 1 aromatic carbocycles. The van der Waals surface area contributed by atoms with Gasteiger partial charge in [-0.15, -0.1) is 0 Å². The van der Waals surface area contributed by atoms with E-state index in [1.165, 1.54) is 12.1 Å². The van der Waals surface area contributed by atoms with E-state index in [1.54, 1.807) is 13.0 Å². The third-order valence-electron chi connectivity index (χ3n) is 3.71. The second kappa shape index (κ2) is 4.78. The molecule has 0 spiro atoms. The van der Waals surface area contributed by atoms with Gasteiger partial charge < -0.3 is 9.15 Å². The zero-order chi connectivity index (χ0) is 13.4. The topological polar surface area (TPSA) is 39.4 Å². The summed E-state index contributed by atoms with van der Waals surface area (Å²) in [5.74, 6) is 0.0178. The van der Waals surface area contributed by atoms with Crippen molar-refractivity contribution in [2.75, 3.05) is 13.2 Å². The Morgan fingerprint density at radius 3 is 2.79 bits per heavy atom. The summed E-state index contributed by atoms with van der Waals surface area (Å²) in [6.45, 7) is 3.03. The number of halogens is 1. The van der Waals surface area contributed by atoms with Crippen LogP contribution in [0.25, 0.3) is 11.0 Å². The van der Waals surface area contributed by atoms with Crippen LogP contribution in [0.15, 0.2) is 22.6 Å². The molecule has 100 valence electrons. The van der Waals surface area contributed by atoms with Gasteiger partial charge in [0.25, 0.3) is 0 Å². The fraction of sp³-hybridized carbons (Fsp3) is 0.400. The molecule has 19 heavy (non-hydrogen) atoms. The van der Waals surface area contributed by atoms with E-state index in [0.29, 0.717) is 29.9 Å². The van der Waals surface area contributed by atoms with Crippen molar-refractivity contribution < 1.29 is 18.3 Å². The van der Waals surface area contributed by atoms with E-state index in [2.05, 4.69) is 0 Å². The van der Waals surface area contributed by atoms with Crippen LogP contribution in [0.3, 0.4) is 0 Å². The Bertz CT molecular complexity index is 624. The van der Waals surface area contributed by atoms with E-state index in [0.717, 1.165) is 18.4 Å². The Balaban J connectivity index is 2.00. The molecule has 0 atom stereocenters. The maximum atomic E-state index is 13.2. The number of carbonyl (C=O) groups is 1. The van der Waals surface area contributed by atoms with Gasteiger partial charge in [-0.2, -0.15) is 0 Å². The fourth-order valence-corrected chi connectivity index (χ4v) is 2.57. The molecule has 0 N–H and O–H groups in total. The SMILES string of the molecule is Cc1c(C(=O)C2CCOCC2)oc2ccc(F)cc12. The highest BCUT2D eigenvalue weighted by Crippen LogP contribution is 2.29. The van der Waals surface area contributed by atoms with Crippen molar-refractivity contribution in [1.29, 1.82) is 0 Å². The van der Waals surface area contributed by atoms with Crippen LogP contribution in [-0.4, -0.2) is 19.0 Å². The first-order chi connectivity index (χ1) is 9.16. The van der Waals surface area contributed by atoms with Crippen molar-refractivity contribution in [3.8, 4) is 0 Å². The molecule has 1 aliphatic rings. The molecule has 3 rings (SSSR count). The molecular formula is C15H15FO3. The van der Waals surface area contributed by atoms with Crippen molar-refractivity contribution in [3.05, 3.63) is 35.3 Å². The lowest BCUT2D eigenvalue weighted by Gasteiger charge is -2.19. The Morgan fingerprint density at radius 1 is 1.32 bits per heavy atom. The van der Waals surface area contributed by atoms with Crippen LogP contribution < -0.4 is 0 Å². The average Bonchev–Trinajstić information content (AvgIpc) is 2.76. The van der Waals surface area contributed by atoms with Crippen LogP contribution in [0.1, 0.15) is 29.0 Å². The molecule has 0 radical (unpaired) electrons. The first-order valence-electron chi connectivity index (χ1n) is 6.47. The van der Waals surface area contributed by atoms with Crippen LogP contribution in [0, 0.1) is 18.7 Å². The normalized spacial score (nSPS) is 16.9. The largest absolute Gasteiger partial charge is 0.453 e. The van der Waals surface area contributed by atoms with Crippen molar-refractivity contribution in [2.24, 2.45) is 5.92 Å². The second-order valence-electron chi connectivity index (χ2n) is 4.95. The molecule has 1 aliphatic heterocycles. The summed E-state index contributed by atoms with van der Waals surface area (Å²) in [5, 5.41) is 0.676. The summed E-state index contributed by atoms with van der Waals surface area (Å²) in [4.78, 5) is 12.4. The predicted octanol–water partition coefficient (Wildman–Crippen LogP) is 3.49. The number of rotatable bonds is 2. The number of benzene rings is 1. The highest BCUT2D eigenvalue weighted by molar-refractivity contribution is 6.01. The smallest absolute Gasteiger partial charge is 0.201 e. The summed E-state index contributed by atoms with van der Waals surface area (Å²) in [7, 11) is 0. The summed E-state index contributed by atoms with van der Waals surface area (Å²) < 4.78 is 24.1. The molecule has 0 bridgehead atoms. The molecule has 3 nitrogen and oxygen atoms in total. The quantitative estimate of drug-likeness (QED) is 0.778. The number of ether oxygens (including phenoxy) is 1. The van der Waals surface area contributed by atoms with Crippen molar-refractivity contribution in [3.63, 3.8) is 0 Å². The Labute approximate surface area is 110 Å². The highest BCUT2D eigenvalue weighted by atomic mass is 19.1. The summed E-state index contributed by atoms with van der Waals surface area (Å²) >= 11 is 0. The lowest BCUT2D eigenvalue weighted by Crippen LogP contribution is -2.23. The van der Waals surface area contributed by atoms with Gasteiger partial charge >= 0.3 is 0 Å². The van der Waals surface area contributed by atoms with Gasteiger partial charge in [0, 0.05) is 30.1 Å². The molecular weight excluding hydrogens is 247 g/mol. The zero-order valence-electron chi connectivity index (χ0n) is 10.7. The van der Waals surface area contributed by atoms with E-state index in [9.17, 15) is 9.18 Å². The molecule has 1 fully saturated rings. The lowest BCUT2D eigenvalue weighted by atomic mass is 9.92. The lowest BCUT2D eigenvalue weighted by molar-refractivity contribution is 0.0528. The summed E-state index contributed by atoms with van der Waals surface area (Å²) in [5.41, 5.74) is 1.29. The van der Waals surface area contributed by atoms with Crippen molar-refractivity contribution in [1.82, 2.24) is 0 Å². The predicted molar refractivity (Wildman–Crippen MR) is 68.8 cm³/mol. The highest BCUT2D eigenvalue weighted by Gasteiger charge is 2.27. The molecule has 0 aliphatic carbocycles. The van der Waals surface area contributed by atoms with Crippen LogP contribution in [0.2, 0.25) is 0 Å². The molecule has 0 saturated carbocycles. The van der Waals surface area contributed by atoms with Crippen molar-refractivity contribution in [2.45, 2.75) is 19.8 Å². The molecule has 0 amide bonds. The number of hydrogen-bond acceptors (Lipinski definition) is 3. The molecule has 1 saturated heterocycles. The van der Waals surface area contributed by atoms with Gasteiger partial charge in [-0.3, -0.25) is 4.79 Å². The van der Waals surface area contributed by atoms with Crippen molar-refractivity contribution >= 4 is 16.8 Å². The van der Waals surface area contributed by atoms with Gasteiger partial charge in [0.2, 0.25) is 5.78 Å². The fourth-order valence-electron chi connectivity index (χ4n) is 2.57. The van der Waals surface area contributed by atoms with Gasteiger partial charge in [-0.05, 0) is 38.0 Å². The van der Waals surface area contributed by atoms with Crippen LogP contribution in [0.4, 0.5) is 4.39 Å². The number of ketones is 1. The minimum Gasteiger partial charge on any atom is -0.453 e. The van der Waals surface area contributed by atoms with Gasteiger partial charge in [0.1, 0.15) is 11.4 Å². The molecule has 2 aromatic rings. The number of aryl methyl sites for hydroxylation is 1. The third kappa shape index (κ3) is 2.16. The minimum absolute atomic E-state index is 0.0115. The van der Waals surface area contributed by atoms with E-state index in [-0.39, 0.29) is 17.5 Å². The number of hydrogen-bond donors (Lipinski definition) is 0. The Kier molecular flexibility index (Phi) is 3.11. The average molecular weight is 262 g/mol. The summed E-state index contributed by atoms with van der Waals surface area (Å²) in [6.07, 6.45) is 1.45. The van der Waals surface area contributed by atoms with E-state index < -0.39 is 0 Å². The Hall–Kier alpha value is -1.68. The Morgan fingerprint density at radius 2 is 2.05 bits per heavy atom. The van der Waals surface area contributed by atoms with Gasteiger partial charge in [0.05, 0.1) is 0 Å². The van der Waals surface area contributed by atoms with Crippen LogP contribution in [0.5, 0.6) is 0 Å². The van der Waals surface area contributed by atoms with E-state index in [4.69, 9.17) is 9.15 Å². The standard InChI is InChI=1S/C15H15FO3/c1-9-12-8-11(16)2-3-13(12)19-15(9)14(17)10-4-6-18-7-5-10/h2-3,8,10H,4-7H2,1H3. The molecule has 0 unspecified atom stereocenters. The number of Topliss-reactive ketones (excluding diaryl/α,β-unsaturated/α-hetero) is 1. The van der Waals surface area contributed by atoms with Gasteiger partial charge in [-0.1, -0.05) is 0 Å². The molecule has 4 heteroatoms. The summed E-state index contributed by atoms with van der Waals surface area (Å²) in [6, 6.07) is 4.32.